The molecule has 1 aromatic rings. The third-order valence-corrected chi connectivity index (χ3v) is 2.99. The Labute approximate surface area is 101 Å². The zero-order valence-corrected chi connectivity index (χ0v) is 10.1. The van der Waals surface area contributed by atoms with Gasteiger partial charge in [0.2, 0.25) is 0 Å². The van der Waals surface area contributed by atoms with Gasteiger partial charge >= 0.3 is 5.97 Å². The molecule has 0 aromatic heterocycles. The number of nitrogens with zero attached hydrogens (tertiary/aromatic N) is 1. The van der Waals surface area contributed by atoms with Crippen molar-refractivity contribution < 1.29 is 9.53 Å². The van der Waals surface area contributed by atoms with Gasteiger partial charge in [-0.25, -0.2) is 4.79 Å². The molecule has 0 aliphatic heterocycles. The van der Waals surface area contributed by atoms with Crippen LogP contribution in [0.5, 0.6) is 0 Å². The molecule has 1 aliphatic carbocycles. The third-order valence-electron chi connectivity index (χ3n) is 2.99. The van der Waals surface area contributed by atoms with Crippen molar-refractivity contribution in [1.82, 2.24) is 4.90 Å². The molecule has 2 N–H and O–H groups in total. The quantitative estimate of drug-likeness (QED) is 0.620. The molecule has 0 atom stereocenters. The number of anilines is 1. The second-order valence-electron chi connectivity index (χ2n) is 4.47. The molecule has 1 aromatic carbocycles. The standard InChI is InChI=1S/C13H18N2O2/c1-15(12-6-7-12)8-9-17-13(16)10-2-4-11(14)5-3-10/h2-5,12H,6-9,14H2,1H3. The van der Waals surface area contributed by atoms with E-state index in [1.807, 2.05) is 0 Å². The minimum Gasteiger partial charge on any atom is -0.461 e. The fourth-order valence-corrected chi connectivity index (χ4v) is 1.68. The summed E-state index contributed by atoms with van der Waals surface area (Å²) >= 11 is 0. The second-order valence-corrected chi connectivity index (χ2v) is 4.47. The van der Waals surface area contributed by atoms with Crippen LogP contribution in [0.2, 0.25) is 0 Å². The Hall–Kier alpha value is -1.55. The molecule has 4 heteroatoms. The molecule has 0 unspecified atom stereocenters. The summed E-state index contributed by atoms with van der Waals surface area (Å²) in [5, 5.41) is 0. The van der Waals surface area contributed by atoms with Crippen LogP contribution in [0.4, 0.5) is 5.69 Å². The van der Waals surface area contributed by atoms with E-state index in [4.69, 9.17) is 10.5 Å². The highest BCUT2D eigenvalue weighted by molar-refractivity contribution is 5.89. The van der Waals surface area contributed by atoms with Gasteiger partial charge in [-0.2, -0.15) is 0 Å². The van der Waals surface area contributed by atoms with E-state index in [9.17, 15) is 4.79 Å². The summed E-state index contributed by atoms with van der Waals surface area (Å²) in [6, 6.07) is 7.47. The normalized spacial score (nSPS) is 14.9. The molecule has 0 saturated heterocycles. The van der Waals surface area contributed by atoms with Gasteiger partial charge in [0.05, 0.1) is 5.56 Å². The minimum absolute atomic E-state index is 0.283. The molecule has 1 saturated carbocycles. The lowest BCUT2D eigenvalue weighted by Gasteiger charge is -2.15. The monoisotopic (exact) mass is 234 g/mol. The highest BCUT2D eigenvalue weighted by Gasteiger charge is 2.25. The fourth-order valence-electron chi connectivity index (χ4n) is 1.68. The van der Waals surface area contributed by atoms with Crippen molar-refractivity contribution in [3.63, 3.8) is 0 Å². The van der Waals surface area contributed by atoms with Gasteiger partial charge < -0.3 is 15.4 Å². The highest BCUT2D eigenvalue weighted by Crippen LogP contribution is 2.24. The zero-order chi connectivity index (χ0) is 12.3. The zero-order valence-electron chi connectivity index (χ0n) is 10.1. The van der Waals surface area contributed by atoms with E-state index in [1.165, 1.54) is 12.8 Å². The molecule has 2 rings (SSSR count). The minimum atomic E-state index is -0.283. The Morgan fingerprint density at radius 3 is 2.65 bits per heavy atom. The molecule has 0 radical (unpaired) electrons. The number of hydrogen-bond donors (Lipinski definition) is 1. The summed E-state index contributed by atoms with van der Waals surface area (Å²) in [6.45, 7) is 1.24. The van der Waals surface area contributed by atoms with Crippen molar-refractivity contribution in [1.29, 1.82) is 0 Å². The number of benzene rings is 1. The highest BCUT2D eigenvalue weighted by atomic mass is 16.5. The Kier molecular flexibility index (Phi) is 3.64. The van der Waals surface area contributed by atoms with Crippen molar-refractivity contribution in [2.75, 3.05) is 25.9 Å². The van der Waals surface area contributed by atoms with Crippen molar-refractivity contribution in [3.05, 3.63) is 29.8 Å². The van der Waals surface area contributed by atoms with E-state index in [0.29, 0.717) is 23.9 Å². The summed E-state index contributed by atoms with van der Waals surface area (Å²) < 4.78 is 5.20. The molecule has 0 amide bonds. The van der Waals surface area contributed by atoms with Crippen LogP contribution in [0, 0.1) is 0 Å². The van der Waals surface area contributed by atoms with Crippen LogP contribution in [-0.2, 0) is 4.74 Å². The van der Waals surface area contributed by atoms with Crippen LogP contribution in [-0.4, -0.2) is 37.1 Å². The molecule has 0 bridgehead atoms. The Morgan fingerprint density at radius 2 is 2.06 bits per heavy atom. The third kappa shape index (κ3) is 3.46. The smallest absolute Gasteiger partial charge is 0.338 e. The SMILES string of the molecule is CN(CCOC(=O)c1ccc(N)cc1)C1CC1. The van der Waals surface area contributed by atoms with E-state index in [2.05, 4.69) is 11.9 Å². The van der Waals surface area contributed by atoms with Gasteiger partial charge in [-0.1, -0.05) is 0 Å². The number of carbonyl (C=O) groups is 1. The summed E-state index contributed by atoms with van der Waals surface area (Å²) in [4.78, 5) is 13.9. The molecule has 4 nitrogen and oxygen atoms in total. The van der Waals surface area contributed by atoms with E-state index in [0.717, 1.165) is 6.54 Å². The maximum Gasteiger partial charge on any atom is 0.338 e. The maximum atomic E-state index is 11.6. The Balaban J connectivity index is 1.74. The molecular formula is C13H18N2O2. The van der Waals surface area contributed by atoms with Crippen LogP contribution < -0.4 is 5.73 Å². The lowest BCUT2D eigenvalue weighted by Crippen LogP contribution is -2.26. The predicted octanol–water partition coefficient (Wildman–Crippen LogP) is 1.52. The molecule has 1 aliphatic rings. The van der Waals surface area contributed by atoms with E-state index in [-0.39, 0.29) is 5.97 Å². The molecule has 17 heavy (non-hydrogen) atoms. The van der Waals surface area contributed by atoms with Crippen LogP contribution >= 0.6 is 0 Å². The number of carbonyl (C=O) groups excluding carboxylic acids is 1. The van der Waals surface area contributed by atoms with Gasteiger partial charge in [0.1, 0.15) is 6.61 Å². The summed E-state index contributed by atoms with van der Waals surface area (Å²) in [5.41, 5.74) is 6.75. The molecule has 92 valence electrons. The topological polar surface area (TPSA) is 55.6 Å². The van der Waals surface area contributed by atoms with Crippen molar-refractivity contribution in [2.45, 2.75) is 18.9 Å². The lowest BCUT2D eigenvalue weighted by atomic mass is 10.2. The first-order chi connectivity index (χ1) is 8.16. The number of ether oxygens (including phenoxy) is 1. The molecule has 0 heterocycles. The largest absolute Gasteiger partial charge is 0.461 e. The summed E-state index contributed by atoms with van der Waals surface area (Å²) in [6.07, 6.45) is 2.53. The van der Waals surface area contributed by atoms with Gasteiger partial charge in [0.15, 0.2) is 0 Å². The Morgan fingerprint density at radius 1 is 1.41 bits per heavy atom. The van der Waals surface area contributed by atoms with Crippen LogP contribution in [0.1, 0.15) is 23.2 Å². The lowest BCUT2D eigenvalue weighted by molar-refractivity contribution is 0.0470. The first kappa shape index (κ1) is 11.9. The average Bonchev–Trinajstić information content (AvgIpc) is 3.13. The number of likely N-dealkylation sites (N-methyl/N-ethyl adjacent to an activating group) is 1. The predicted molar refractivity (Wildman–Crippen MR) is 66.8 cm³/mol. The molecule has 1 fully saturated rings. The van der Waals surface area contributed by atoms with Crippen molar-refractivity contribution in [2.24, 2.45) is 0 Å². The van der Waals surface area contributed by atoms with Crippen molar-refractivity contribution >= 4 is 11.7 Å². The molecular weight excluding hydrogens is 216 g/mol. The van der Waals surface area contributed by atoms with Crippen LogP contribution in [0.15, 0.2) is 24.3 Å². The van der Waals surface area contributed by atoms with Crippen LogP contribution in [0.3, 0.4) is 0 Å². The maximum absolute atomic E-state index is 11.6. The van der Waals surface area contributed by atoms with Crippen molar-refractivity contribution in [3.8, 4) is 0 Å². The van der Waals surface area contributed by atoms with E-state index >= 15 is 0 Å². The Bertz CT molecular complexity index is 385. The number of esters is 1. The summed E-state index contributed by atoms with van der Waals surface area (Å²) in [5.74, 6) is -0.283. The summed E-state index contributed by atoms with van der Waals surface area (Å²) in [7, 11) is 2.06. The van der Waals surface area contributed by atoms with Gasteiger partial charge in [0, 0.05) is 18.3 Å². The van der Waals surface area contributed by atoms with Crippen LogP contribution in [0.25, 0.3) is 0 Å². The second kappa shape index (κ2) is 5.19. The van der Waals surface area contributed by atoms with Gasteiger partial charge in [0.25, 0.3) is 0 Å². The molecule has 0 spiro atoms. The van der Waals surface area contributed by atoms with Gasteiger partial charge in [-0.15, -0.1) is 0 Å². The fraction of sp³-hybridized carbons (Fsp3) is 0.462. The number of nitrogens with two attached hydrogens (primary N) is 1. The first-order valence-corrected chi connectivity index (χ1v) is 5.90. The average molecular weight is 234 g/mol. The van der Waals surface area contributed by atoms with E-state index < -0.39 is 0 Å². The number of hydrogen-bond acceptors (Lipinski definition) is 4. The number of nitrogen functional groups attached to an aromatic ring is 1. The van der Waals surface area contributed by atoms with Gasteiger partial charge in [-0.05, 0) is 44.2 Å². The van der Waals surface area contributed by atoms with Gasteiger partial charge in [-0.3, -0.25) is 0 Å². The number of rotatable bonds is 5. The van der Waals surface area contributed by atoms with E-state index in [1.54, 1.807) is 24.3 Å². The first-order valence-electron chi connectivity index (χ1n) is 5.90.